The third-order valence-corrected chi connectivity index (χ3v) is 4.11. The summed E-state index contributed by atoms with van der Waals surface area (Å²) in [5.41, 5.74) is 2.39. The standard InChI is InChI=1S/C15H24O3/c1-11-12(14(2,3)7-6-13(11)16)5-8-15(4)17-9-10-18-15/h5,8,13,16H,6-7,9-10H2,1-4H3/t13-/m0/s1. The molecule has 1 saturated heterocycles. The third kappa shape index (κ3) is 2.68. The number of ether oxygens (including phenoxy) is 2. The summed E-state index contributed by atoms with van der Waals surface area (Å²) in [6, 6.07) is 0. The van der Waals surface area contributed by atoms with Crippen molar-refractivity contribution >= 4 is 0 Å². The highest BCUT2D eigenvalue weighted by molar-refractivity contribution is 5.35. The highest BCUT2D eigenvalue weighted by Gasteiger charge is 2.33. The largest absolute Gasteiger partial charge is 0.389 e. The lowest BCUT2D eigenvalue weighted by atomic mass is 9.71. The van der Waals surface area contributed by atoms with Crippen molar-refractivity contribution in [3.63, 3.8) is 0 Å². The molecule has 3 nitrogen and oxygen atoms in total. The van der Waals surface area contributed by atoms with Crippen molar-refractivity contribution < 1.29 is 14.6 Å². The van der Waals surface area contributed by atoms with E-state index in [-0.39, 0.29) is 11.5 Å². The first-order valence-corrected chi connectivity index (χ1v) is 6.70. The van der Waals surface area contributed by atoms with E-state index in [0.29, 0.717) is 13.2 Å². The minimum absolute atomic E-state index is 0.106. The Morgan fingerprint density at radius 2 is 1.83 bits per heavy atom. The van der Waals surface area contributed by atoms with Gasteiger partial charge in [-0.2, -0.15) is 0 Å². The first-order valence-electron chi connectivity index (χ1n) is 6.70. The van der Waals surface area contributed by atoms with Crippen LogP contribution in [0, 0.1) is 5.41 Å². The smallest absolute Gasteiger partial charge is 0.185 e. The van der Waals surface area contributed by atoms with Crippen LogP contribution in [0.1, 0.15) is 40.5 Å². The van der Waals surface area contributed by atoms with Gasteiger partial charge in [-0.05, 0) is 49.3 Å². The van der Waals surface area contributed by atoms with Crippen molar-refractivity contribution in [3.8, 4) is 0 Å². The lowest BCUT2D eigenvalue weighted by Crippen LogP contribution is -2.28. The minimum atomic E-state index is -0.605. The summed E-state index contributed by atoms with van der Waals surface area (Å²) < 4.78 is 11.1. The molecule has 1 fully saturated rings. The van der Waals surface area contributed by atoms with Crippen LogP contribution in [-0.2, 0) is 9.47 Å². The molecule has 0 aromatic rings. The van der Waals surface area contributed by atoms with Crippen LogP contribution in [0.25, 0.3) is 0 Å². The van der Waals surface area contributed by atoms with E-state index in [4.69, 9.17) is 9.47 Å². The summed E-state index contributed by atoms with van der Waals surface area (Å²) in [5.74, 6) is -0.605. The van der Waals surface area contributed by atoms with E-state index in [0.717, 1.165) is 18.4 Å². The van der Waals surface area contributed by atoms with Gasteiger partial charge in [0.15, 0.2) is 5.79 Å². The Morgan fingerprint density at radius 3 is 2.44 bits per heavy atom. The van der Waals surface area contributed by atoms with Gasteiger partial charge in [0.05, 0.1) is 19.3 Å². The summed E-state index contributed by atoms with van der Waals surface area (Å²) in [7, 11) is 0. The zero-order valence-corrected chi connectivity index (χ0v) is 11.8. The van der Waals surface area contributed by atoms with Crippen molar-refractivity contribution in [2.75, 3.05) is 13.2 Å². The molecule has 0 spiro atoms. The summed E-state index contributed by atoms with van der Waals surface area (Å²) in [4.78, 5) is 0. The summed E-state index contributed by atoms with van der Waals surface area (Å²) in [6.07, 6.45) is 5.59. The van der Waals surface area contributed by atoms with Gasteiger partial charge in [0.25, 0.3) is 0 Å². The maximum absolute atomic E-state index is 9.98. The van der Waals surface area contributed by atoms with Crippen LogP contribution in [0.2, 0.25) is 0 Å². The highest BCUT2D eigenvalue weighted by Crippen LogP contribution is 2.41. The summed E-state index contributed by atoms with van der Waals surface area (Å²) in [5, 5.41) is 9.98. The predicted octanol–water partition coefficient (Wildman–Crippen LogP) is 2.80. The Balaban J connectivity index is 2.24. The van der Waals surface area contributed by atoms with Gasteiger partial charge in [-0.3, -0.25) is 0 Å². The molecule has 1 heterocycles. The number of hydrogen-bond acceptors (Lipinski definition) is 3. The molecule has 102 valence electrons. The van der Waals surface area contributed by atoms with E-state index < -0.39 is 5.79 Å². The molecule has 1 atom stereocenters. The fourth-order valence-electron chi connectivity index (χ4n) is 2.78. The molecule has 0 unspecified atom stereocenters. The molecule has 1 aliphatic carbocycles. The molecule has 18 heavy (non-hydrogen) atoms. The Morgan fingerprint density at radius 1 is 1.22 bits per heavy atom. The van der Waals surface area contributed by atoms with Gasteiger partial charge in [0, 0.05) is 0 Å². The zero-order chi connectivity index (χ0) is 13.4. The van der Waals surface area contributed by atoms with Crippen LogP contribution < -0.4 is 0 Å². The van der Waals surface area contributed by atoms with Crippen LogP contribution in [0.15, 0.2) is 23.3 Å². The number of allylic oxidation sites excluding steroid dienone is 2. The van der Waals surface area contributed by atoms with Crippen LogP contribution in [-0.4, -0.2) is 30.2 Å². The lowest BCUT2D eigenvalue weighted by molar-refractivity contribution is -0.0997. The summed E-state index contributed by atoms with van der Waals surface area (Å²) in [6.45, 7) is 9.68. The molecule has 1 N–H and O–H groups in total. The normalized spacial score (nSPS) is 31.3. The molecular formula is C15H24O3. The minimum Gasteiger partial charge on any atom is -0.389 e. The van der Waals surface area contributed by atoms with Crippen LogP contribution in [0.4, 0.5) is 0 Å². The van der Waals surface area contributed by atoms with Crippen LogP contribution in [0.3, 0.4) is 0 Å². The maximum atomic E-state index is 9.98. The molecule has 2 rings (SSSR count). The molecular weight excluding hydrogens is 228 g/mol. The Bertz CT molecular complexity index is 373. The predicted molar refractivity (Wildman–Crippen MR) is 71.2 cm³/mol. The molecule has 3 heteroatoms. The molecule has 0 aromatic carbocycles. The monoisotopic (exact) mass is 252 g/mol. The van der Waals surface area contributed by atoms with Crippen molar-refractivity contribution in [3.05, 3.63) is 23.3 Å². The van der Waals surface area contributed by atoms with Crippen molar-refractivity contribution in [1.29, 1.82) is 0 Å². The Hall–Kier alpha value is -0.640. The number of aliphatic hydroxyl groups excluding tert-OH is 1. The van der Waals surface area contributed by atoms with Crippen molar-refractivity contribution in [2.24, 2.45) is 5.41 Å². The molecule has 0 radical (unpaired) electrons. The lowest BCUT2D eigenvalue weighted by Gasteiger charge is -2.35. The van der Waals surface area contributed by atoms with Crippen LogP contribution >= 0.6 is 0 Å². The van der Waals surface area contributed by atoms with E-state index >= 15 is 0 Å². The van der Waals surface area contributed by atoms with E-state index in [1.807, 2.05) is 19.9 Å². The first kappa shape index (κ1) is 13.8. The number of hydrogen-bond donors (Lipinski definition) is 1. The molecule has 1 aliphatic heterocycles. The first-order chi connectivity index (χ1) is 8.34. The number of rotatable bonds is 2. The molecule has 0 saturated carbocycles. The Labute approximate surface area is 109 Å². The van der Waals surface area contributed by atoms with E-state index in [1.165, 1.54) is 5.57 Å². The van der Waals surface area contributed by atoms with E-state index in [2.05, 4.69) is 19.9 Å². The van der Waals surface area contributed by atoms with Crippen LogP contribution in [0.5, 0.6) is 0 Å². The fraction of sp³-hybridized carbons (Fsp3) is 0.733. The molecule has 0 bridgehead atoms. The average molecular weight is 252 g/mol. The zero-order valence-electron chi connectivity index (χ0n) is 11.8. The van der Waals surface area contributed by atoms with Gasteiger partial charge >= 0.3 is 0 Å². The Kier molecular flexibility index (Phi) is 3.67. The topological polar surface area (TPSA) is 38.7 Å². The van der Waals surface area contributed by atoms with Crippen molar-refractivity contribution in [1.82, 2.24) is 0 Å². The summed E-state index contributed by atoms with van der Waals surface area (Å²) >= 11 is 0. The van der Waals surface area contributed by atoms with E-state index in [9.17, 15) is 5.11 Å². The fourth-order valence-corrected chi connectivity index (χ4v) is 2.78. The second-order valence-electron chi connectivity index (χ2n) is 6.08. The van der Waals surface area contributed by atoms with Gasteiger partial charge < -0.3 is 14.6 Å². The SMILES string of the molecule is CC1=C(C=CC2(C)OCCO2)C(C)(C)CC[C@@H]1O. The van der Waals surface area contributed by atoms with Gasteiger partial charge in [-0.1, -0.05) is 19.9 Å². The molecule has 0 aromatic heterocycles. The van der Waals surface area contributed by atoms with Crippen molar-refractivity contribution in [2.45, 2.75) is 52.4 Å². The molecule has 0 amide bonds. The number of aliphatic hydroxyl groups is 1. The van der Waals surface area contributed by atoms with Gasteiger partial charge in [-0.15, -0.1) is 0 Å². The third-order valence-electron chi connectivity index (χ3n) is 4.11. The second kappa shape index (κ2) is 4.80. The van der Waals surface area contributed by atoms with Gasteiger partial charge in [0.1, 0.15) is 0 Å². The maximum Gasteiger partial charge on any atom is 0.185 e. The van der Waals surface area contributed by atoms with E-state index in [1.54, 1.807) is 0 Å². The molecule has 2 aliphatic rings. The second-order valence-corrected chi connectivity index (χ2v) is 6.08. The van der Waals surface area contributed by atoms with Gasteiger partial charge in [-0.25, -0.2) is 0 Å². The quantitative estimate of drug-likeness (QED) is 0.821. The highest BCUT2D eigenvalue weighted by atomic mass is 16.7. The average Bonchev–Trinajstić information content (AvgIpc) is 2.71. The van der Waals surface area contributed by atoms with Gasteiger partial charge in [0.2, 0.25) is 0 Å².